The van der Waals surface area contributed by atoms with E-state index in [2.05, 4.69) is 22.1 Å². The number of aryl methyl sites for hydroxylation is 1. The average Bonchev–Trinajstić information content (AvgIpc) is 2.95. The normalized spacial score (nSPS) is 13.9. The molecule has 1 aliphatic rings. The van der Waals surface area contributed by atoms with Gasteiger partial charge in [0, 0.05) is 33.0 Å². The maximum absolute atomic E-state index is 11.1. The Balaban J connectivity index is 1.76. The molecule has 0 saturated carbocycles. The van der Waals surface area contributed by atoms with Crippen LogP contribution in [0.25, 0.3) is 0 Å². The molecule has 1 aromatic carbocycles. The zero-order chi connectivity index (χ0) is 21.0. The molecule has 29 heavy (non-hydrogen) atoms. The van der Waals surface area contributed by atoms with E-state index < -0.39 is 0 Å². The van der Waals surface area contributed by atoms with Crippen LogP contribution in [0.5, 0.6) is 11.5 Å². The lowest BCUT2D eigenvalue weighted by molar-refractivity contribution is -0.118. The predicted octanol–water partition coefficient (Wildman–Crippen LogP) is 2.18. The molecule has 0 atom stereocenters. The number of carbonyl (C=O) groups excluding carboxylic acids is 1. The van der Waals surface area contributed by atoms with Gasteiger partial charge in [-0.3, -0.25) is 9.69 Å². The van der Waals surface area contributed by atoms with Crippen LogP contribution in [0.1, 0.15) is 37.2 Å². The number of hydrogen-bond donors (Lipinski definition) is 1. The molecule has 0 unspecified atom stereocenters. The van der Waals surface area contributed by atoms with Crippen LogP contribution in [-0.2, 0) is 37.9 Å². The molecule has 0 aliphatic carbocycles. The summed E-state index contributed by atoms with van der Waals surface area (Å²) in [6.07, 6.45) is 1.68. The zero-order valence-corrected chi connectivity index (χ0v) is 18.1. The third-order valence-corrected chi connectivity index (χ3v) is 5.50. The summed E-state index contributed by atoms with van der Waals surface area (Å²) < 4.78 is 15.8. The van der Waals surface area contributed by atoms with E-state index in [4.69, 9.17) is 27.4 Å². The van der Waals surface area contributed by atoms with Crippen molar-refractivity contribution in [2.75, 3.05) is 19.8 Å². The zero-order valence-electron chi connectivity index (χ0n) is 17.3. The Kier molecular flexibility index (Phi) is 6.92. The van der Waals surface area contributed by atoms with Gasteiger partial charge in [0.15, 0.2) is 16.3 Å². The smallest absolute Gasteiger partial charge is 0.217 e. The number of primary amides is 1. The minimum Gasteiger partial charge on any atom is -0.490 e. The van der Waals surface area contributed by atoms with Crippen LogP contribution in [0.2, 0.25) is 0 Å². The molecule has 1 aliphatic heterocycles. The molecule has 1 amide bonds. The Morgan fingerprint density at radius 1 is 1.21 bits per heavy atom. The van der Waals surface area contributed by atoms with Crippen molar-refractivity contribution in [2.45, 2.75) is 46.3 Å². The summed E-state index contributed by atoms with van der Waals surface area (Å²) in [5.74, 6) is 2.03. The Labute approximate surface area is 176 Å². The van der Waals surface area contributed by atoms with Gasteiger partial charge in [0.1, 0.15) is 5.82 Å². The number of hydrogen-bond acceptors (Lipinski definition) is 6. The number of benzene rings is 1. The molecule has 3 rings (SSSR count). The molecular formula is C20H29N5O3S. The first-order valence-corrected chi connectivity index (χ1v) is 10.4. The highest BCUT2D eigenvalue weighted by Gasteiger charge is 2.21. The molecule has 0 saturated heterocycles. The molecule has 0 radical (unpaired) electrons. The molecule has 0 fully saturated rings. The van der Waals surface area contributed by atoms with Crippen molar-refractivity contribution in [2.24, 2.45) is 12.8 Å². The number of rotatable bonds is 9. The minimum absolute atomic E-state index is 0.263. The number of ether oxygens (including phenoxy) is 2. The fourth-order valence-corrected chi connectivity index (χ4v) is 3.75. The first-order chi connectivity index (χ1) is 13.9. The van der Waals surface area contributed by atoms with E-state index >= 15 is 0 Å². The van der Waals surface area contributed by atoms with Gasteiger partial charge in [-0.2, -0.15) is 5.10 Å². The van der Waals surface area contributed by atoms with Crippen molar-refractivity contribution >= 4 is 18.1 Å². The van der Waals surface area contributed by atoms with Crippen LogP contribution >= 0.6 is 12.2 Å². The van der Waals surface area contributed by atoms with E-state index in [1.165, 1.54) is 11.1 Å². The Morgan fingerprint density at radius 3 is 2.48 bits per heavy atom. The van der Waals surface area contributed by atoms with Crippen molar-refractivity contribution in [3.63, 3.8) is 0 Å². The van der Waals surface area contributed by atoms with Gasteiger partial charge in [-0.05, 0) is 55.7 Å². The van der Waals surface area contributed by atoms with Gasteiger partial charge in [-0.25, -0.2) is 4.68 Å². The van der Waals surface area contributed by atoms with E-state index in [1.54, 1.807) is 0 Å². The highest BCUT2D eigenvalue weighted by atomic mass is 32.1. The summed E-state index contributed by atoms with van der Waals surface area (Å²) in [4.78, 5) is 13.4. The molecule has 1 aromatic heterocycles. The third-order valence-electron chi connectivity index (χ3n) is 5.02. The summed E-state index contributed by atoms with van der Waals surface area (Å²) in [7, 11) is 1.87. The van der Waals surface area contributed by atoms with Gasteiger partial charge in [0.05, 0.1) is 19.9 Å². The first kappa shape index (κ1) is 21.3. The second kappa shape index (κ2) is 9.41. The fourth-order valence-electron chi connectivity index (χ4n) is 3.55. The van der Waals surface area contributed by atoms with Crippen molar-refractivity contribution in [3.8, 4) is 11.5 Å². The number of amides is 1. The quantitative estimate of drug-likeness (QED) is 0.627. The molecule has 0 spiro atoms. The SMILES string of the molecule is CCOc1cc2c(cc1OCC)CN(Cn1nc(CCC(N)=O)n(C)c1=S)CC2. The molecule has 2 heterocycles. The highest BCUT2D eigenvalue weighted by molar-refractivity contribution is 7.71. The van der Waals surface area contributed by atoms with E-state index in [0.717, 1.165) is 36.8 Å². The first-order valence-electron chi connectivity index (χ1n) is 9.97. The van der Waals surface area contributed by atoms with Crippen LogP contribution in [0.15, 0.2) is 12.1 Å². The monoisotopic (exact) mass is 419 g/mol. The fraction of sp³-hybridized carbons (Fsp3) is 0.550. The number of nitrogens with two attached hydrogens (primary N) is 1. The Morgan fingerprint density at radius 2 is 1.86 bits per heavy atom. The van der Waals surface area contributed by atoms with Crippen LogP contribution in [0, 0.1) is 4.77 Å². The minimum atomic E-state index is -0.338. The largest absolute Gasteiger partial charge is 0.490 e. The summed E-state index contributed by atoms with van der Waals surface area (Å²) >= 11 is 5.53. The molecule has 9 heteroatoms. The predicted molar refractivity (Wildman–Crippen MR) is 112 cm³/mol. The maximum Gasteiger partial charge on any atom is 0.217 e. The van der Waals surface area contributed by atoms with Crippen LogP contribution < -0.4 is 15.2 Å². The van der Waals surface area contributed by atoms with Gasteiger partial charge in [-0.15, -0.1) is 0 Å². The average molecular weight is 420 g/mol. The second-order valence-electron chi connectivity index (χ2n) is 7.10. The molecule has 2 N–H and O–H groups in total. The van der Waals surface area contributed by atoms with Crippen molar-refractivity contribution in [1.29, 1.82) is 0 Å². The number of carbonyl (C=O) groups is 1. The Bertz CT molecular complexity index is 937. The van der Waals surface area contributed by atoms with Gasteiger partial charge in [0.2, 0.25) is 5.91 Å². The molecule has 0 bridgehead atoms. The second-order valence-corrected chi connectivity index (χ2v) is 7.47. The summed E-state index contributed by atoms with van der Waals surface area (Å²) in [6, 6.07) is 4.20. The van der Waals surface area contributed by atoms with Gasteiger partial charge < -0.3 is 19.8 Å². The van der Waals surface area contributed by atoms with Crippen molar-refractivity contribution in [3.05, 3.63) is 33.9 Å². The molecule has 2 aromatic rings. The lowest BCUT2D eigenvalue weighted by Crippen LogP contribution is -2.33. The number of aromatic nitrogens is 3. The van der Waals surface area contributed by atoms with Crippen LogP contribution in [0.3, 0.4) is 0 Å². The Hall–Kier alpha value is -2.39. The lowest BCUT2D eigenvalue weighted by atomic mass is 9.99. The summed E-state index contributed by atoms with van der Waals surface area (Å²) in [5, 5.41) is 4.60. The molecule has 8 nitrogen and oxygen atoms in total. The summed E-state index contributed by atoms with van der Waals surface area (Å²) in [5.41, 5.74) is 7.78. The van der Waals surface area contributed by atoms with Crippen molar-refractivity contribution < 1.29 is 14.3 Å². The van der Waals surface area contributed by atoms with E-state index in [0.29, 0.717) is 31.1 Å². The van der Waals surface area contributed by atoms with Crippen LogP contribution in [-0.4, -0.2) is 44.9 Å². The highest BCUT2D eigenvalue weighted by Crippen LogP contribution is 2.34. The number of fused-ring (bicyclic) bond motifs is 1. The molecule has 158 valence electrons. The molecular weight excluding hydrogens is 390 g/mol. The van der Waals surface area contributed by atoms with Gasteiger partial charge >= 0.3 is 0 Å². The maximum atomic E-state index is 11.1. The van der Waals surface area contributed by atoms with E-state index in [1.807, 2.05) is 30.1 Å². The topological polar surface area (TPSA) is 87.5 Å². The lowest BCUT2D eigenvalue weighted by Gasteiger charge is -2.29. The summed E-state index contributed by atoms with van der Waals surface area (Å²) in [6.45, 7) is 7.45. The van der Waals surface area contributed by atoms with Gasteiger partial charge in [-0.1, -0.05) is 0 Å². The van der Waals surface area contributed by atoms with Gasteiger partial charge in [0.25, 0.3) is 0 Å². The third kappa shape index (κ3) is 4.97. The van der Waals surface area contributed by atoms with E-state index in [-0.39, 0.29) is 12.3 Å². The standard InChI is InChI=1S/C20H29N5O3S/c1-4-27-16-10-14-8-9-24(12-15(14)11-17(16)28-5-2)13-25-20(29)23(3)19(22-25)7-6-18(21)26/h10-11H,4-9,12-13H2,1-3H3,(H2,21,26). The van der Waals surface area contributed by atoms with E-state index in [9.17, 15) is 4.79 Å². The van der Waals surface area contributed by atoms with Crippen molar-refractivity contribution in [1.82, 2.24) is 19.2 Å². The number of nitrogens with zero attached hydrogens (tertiary/aromatic N) is 4. The van der Waals surface area contributed by atoms with Crippen LogP contribution in [0.4, 0.5) is 0 Å².